The smallest absolute Gasteiger partial charge is 0.311 e. The highest BCUT2D eigenvalue weighted by molar-refractivity contribution is 6.09. The maximum Gasteiger partial charge on any atom is 0.311 e. The minimum atomic E-state index is -0.398. The van der Waals surface area contributed by atoms with Crippen LogP contribution in [0.4, 0.5) is 4.39 Å². The number of benzene rings is 2. The van der Waals surface area contributed by atoms with E-state index in [0.29, 0.717) is 29.1 Å². The molecule has 1 aromatic heterocycles. The van der Waals surface area contributed by atoms with Crippen molar-refractivity contribution in [2.45, 2.75) is 26.7 Å². The van der Waals surface area contributed by atoms with E-state index in [9.17, 15) is 14.0 Å². The van der Waals surface area contributed by atoms with E-state index in [1.165, 1.54) is 24.3 Å². The predicted octanol–water partition coefficient (Wildman–Crippen LogP) is 4.20. The average molecular weight is 367 g/mol. The van der Waals surface area contributed by atoms with Crippen molar-refractivity contribution in [2.24, 2.45) is 0 Å². The second-order valence-electron chi connectivity index (χ2n) is 6.14. The van der Waals surface area contributed by atoms with E-state index < -0.39 is 5.82 Å². The minimum absolute atomic E-state index is 0.194. The summed E-state index contributed by atoms with van der Waals surface area (Å²) in [6.45, 7) is 3.63. The summed E-state index contributed by atoms with van der Waals surface area (Å²) in [4.78, 5) is 24.4. The summed E-state index contributed by atoms with van der Waals surface area (Å²) in [5.74, 6) is 0.0441. The largest absolute Gasteiger partial charge is 0.427 e. The third-order valence-electron chi connectivity index (χ3n) is 4.21. The number of aryl methyl sites for hydroxylation is 2. The maximum absolute atomic E-state index is 13.0. The van der Waals surface area contributed by atoms with E-state index >= 15 is 0 Å². The monoisotopic (exact) mass is 367 g/mol. The van der Waals surface area contributed by atoms with Gasteiger partial charge >= 0.3 is 5.97 Å². The van der Waals surface area contributed by atoms with Gasteiger partial charge in [0.2, 0.25) is 0 Å². The SMILES string of the molecule is Cc1noc(C)c1CCC(=O)Oc1ccc(C(=O)c2ccc(F)cc2)cc1. The van der Waals surface area contributed by atoms with Crippen LogP contribution >= 0.6 is 0 Å². The number of ether oxygens (including phenoxy) is 1. The lowest BCUT2D eigenvalue weighted by Gasteiger charge is -2.06. The molecule has 6 heteroatoms. The zero-order chi connectivity index (χ0) is 19.4. The topological polar surface area (TPSA) is 69.4 Å². The van der Waals surface area contributed by atoms with E-state index in [-0.39, 0.29) is 18.2 Å². The summed E-state index contributed by atoms with van der Waals surface area (Å²) in [5, 5.41) is 3.85. The van der Waals surface area contributed by atoms with Crippen molar-refractivity contribution in [1.82, 2.24) is 5.16 Å². The molecule has 0 bridgehead atoms. The molecule has 138 valence electrons. The molecule has 0 amide bonds. The van der Waals surface area contributed by atoms with Crippen molar-refractivity contribution in [3.05, 3.63) is 82.5 Å². The van der Waals surface area contributed by atoms with Gasteiger partial charge in [0, 0.05) is 16.7 Å². The van der Waals surface area contributed by atoms with Crippen molar-refractivity contribution in [3.8, 4) is 5.75 Å². The minimum Gasteiger partial charge on any atom is -0.427 e. The number of carbonyl (C=O) groups is 2. The summed E-state index contributed by atoms with van der Waals surface area (Å²) in [6.07, 6.45) is 0.681. The quantitative estimate of drug-likeness (QED) is 0.371. The molecule has 2 aromatic carbocycles. The van der Waals surface area contributed by atoms with Crippen LogP contribution in [-0.2, 0) is 11.2 Å². The Hall–Kier alpha value is -3.28. The fourth-order valence-electron chi connectivity index (χ4n) is 2.71. The molecule has 0 fully saturated rings. The average Bonchev–Trinajstić information content (AvgIpc) is 2.98. The van der Waals surface area contributed by atoms with Gasteiger partial charge in [-0.25, -0.2) is 4.39 Å². The van der Waals surface area contributed by atoms with Crippen molar-refractivity contribution in [2.75, 3.05) is 0 Å². The summed E-state index contributed by atoms with van der Waals surface area (Å²) in [7, 11) is 0. The highest BCUT2D eigenvalue weighted by Gasteiger charge is 2.13. The van der Waals surface area contributed by atoms with Crippen molar-refractivity contribution < 1.29 is 23.2 Å². The van der Waals surface area contributed by atoms with Crippen LogP contribution < -0.4 is 4.74 Å². The molecular weight excluding hydrogens is 349 g/mol. The number of hydrogen-bond donors (Lipinski definition) is 0. The van der Waals surface area contributed by atoms with Crippen LogP contribution in [-0.4, -0.2) is 16.9 Å². The number of hydrogen-bond acceptors (Lipinski definition) is 5. The van der Waals surface area contributed by atoms with E-state index in [1.807, 2.05) is 6.92 Å². The summed E-state index contributed by atoms with van der Waals surface area (Å²) >= 11 is 0. The zero-order valence-electron chi connectivity index (χ0n) is 15.0. The summed E-state index contributed by atoms with van der Waals surface area (Å²) in [5.41, 5.74) is 2.49. The Balaban J connectivity index is 1.59. The van der Waals surface area contributed by atoms with Crippen molar-refractivity contribution >= 4 is 11.8 Å². The standard InChI is InChI=1S/C21H18FNO4/c1-13-19(14(2)27-23-13)11-12-20(24)26-18-9-5-16(6-10-18)21(25)15-3-7-17(22)8-4-15/h3-10H,11-12H2,1-2H3. The molecule has 5 nitrogen and oxygen atoms in total. The molecule has 3 aromatic rings. The number of rotatable bonds is 6. The number of nitrogens with zero attached hydrogens (tertiary/aromatic N) is 1. The first-order chi connectivity index (χ1) is 12.9. The second kappa shape index (κ2) is 7.95. The fourth-order valence-corrected chi connectivity index (χ4v) is 2.71. The van der Waals surface area contributed by atoms with Gasteiger partial charge in [-0.1, -0.05) is 5.16 Å². The number of halogens is 1. The van der Waals surface area contributed by atoms with Crippen LogP contribution in [0.15, 0.2) is 53.1 Å². The van der Waals surface area contributed by atoms with E-state index in [2.05, 4.69) is 5.16 Å². The van der Waals surface area contributed by atoms with E-state index in [4.69, 9.17) is 9.26 Å². The highest BCUT2D eigenvalue weighted by atomic mass is 19.1. The molecule has 0 radical (unpaired) electrons. The molecule has 27 heavy (non-hydrogen) atoms. The molecule has 0 N–H and O–H groups in total. The normalized spacial score (nSPS) is 10.6. The molecule has 1 heterocycles. The Morgan fingerprint density at radius 2 is 1.59 bits per heavy atom. The van der Waals surface area contributed by atoms with Crippen molar-refractivity contribution in [3.63, 3.8) is 0 Å². The van der Waals surface area contributed by atoms with Gasteiger partial charge < -0.3 is 9.26 Å². The molecule has 0 aliphatic heterocycles. The van der Waals surface area contributed by atoms with E-state index in [1.54, 1.807) is 31.2 Å². The molecule has 0 spiro atoms. The van der Waals surface area contributed by atoms with Crippen LogP contribution in [0.25, 0.3) is 0 Å². The third-order valence-corrected chi connectivity index (χ3v) is 4.21. The van der Waals surface area contributed by atoms with Gasteiger partial charge in [-0.3, -0.25) is 9.59 Å². The van der Waals surface area contributed by atoms with Gasteiger partial charge in [-0.15, -0.1) is 0 Å². The summed E-state index contributed by atoms with van der Waals surface area (Å²) in [6, 6.07) is 11.6. The first-order valence-corrected chi connectivity index (χ1v) is 8.47. The van der Waals surface area contributed by atoms with Gasteiger partial charge in [-0.2, -0.15) is 0 Å². The Kier molecular flexibility index (Phi) is 5.45. The number of carbonyl (C=O) groups excluding carboxylic acids is 2. The van der Waals surface area contributed by atoms with Gasteiger partial charge in [-0.05, 0) is 68.8 Å². The molecule has 0 unspecified atom stereocenters. The molecule has 0 aliphatic rings. The van der Waals surface area contributed by atoms with Crippen LogP contribution in [0.1, 0.15) is 39.4 Å². The third kappa shape index (κ3) is 4.47. The molecule has 0 saturated heterocycles. The Morgan fingerprint density at radius 3 is 2.15 bits per heavy atom. The molecule has 0 aliphatic carbocycles. The van der Waals surface area contributed by atoms with Crippen LogP contribution in [0.2, 0.25) is 0 Å². The lowest BCUT2D eigenvalue weighted by atomic mass is 10.0. The number of esters is 1. The van der Waals surface area contributed by atoms with Crippen molar-refractivity contribution in [1.29, 1.82) is 0 Å². The number of aromatic nitrogens is 1. The highest BCUT2D eigenvalue weighted by Crippen LogP contribution is 2.18. The second-order valence-corrected chi connectivity index (χ2v) is 6.14. The summed E-state index contributed by atoms with van der Waals surface area (Å²) < 4.78 is 23.3. The fraction of sp³-hybridized carbons (Fsp3) is 0.190. The first kappa shape index (κ1) is 18.5. The Labute approximate surface area is 155 Å². The molecular formula is C21H18FNO4. The van der Waals surface area contributed by atoms with Crippen LogP contribution in [0.5, 0.6) is 5.75 Å². The lowest BCUT2D eigenvalue weighted by Crippen LogP contribution is -2.10. The molecule has 0 saturated carbocycles. The predicted molar refractivity (Wildman–Crippen MR) is 96.2 cm³/mol. The lowest BCUT2D eigenvalue weighted by molar-refractivity contribution is -0.134. The molecule has 3 rings (SSSR count). The van der Waals surface area contributed by atoms with E-state index in [0.717, 1.165) is 11.3 Å². The van der Waals surface area contributed by atoms with Crippen LogP contribution in [0, 0.1) is 19.7 Å². The van der Waals surface area contributed by atoms with Gasteiger partial charge in [0.05, 0.1) is 12.1 Å². The van der Waals surface area contributed by atoms with Gasteiger partial charge in [0.15, 0.2) is 5.78 Å². The number of ketones is 1. The van der Waals surface area contributed by atoms with Crippen LogP contribution in [0.3, 0.4) is 0 Å². The maximum atomic E-state index is 13.0. The first-order valence-electron chi connectivity index (χ1n) is 8.47. The Bertz CT molecular complexity index is 939. The van der Waals surface area contributed by atoms with Gasteiger partial charge in [0.1, 0.15) is 17.3 Å². The van der Waals surface area contributed by atoms with Gasteiger partial charge in [0.25, 0.3) is 0 Å². The Morgan fingerprint density at radius 1 is 1.00 bits per heavy atom. The molecule has 0 atom stereocenters. The zero-order valence-corrected chi connectivity index (χ0v) is 15.0.